The molecule has 0 radical (unpaired) electrons. The number of anilines is 5. The Morgan fingerprint density at radius 3 is 2.56 bits per heavy atom. The SMILES string of the molecule is CN(C)c1cc(C(=O)Nc2ccc(F)c(Nc3nccn3-c3cc(NC4CC4)ncn3)c2)cc(C(F)(F)F)c1. The van der Waals surface area contributed by atoms with Crippen molar-refractivity contribution in [1.82, 2.24) is 19.5 Å². The Hall–Kier alpha value is -4.68. The number of hydrogen-bond acceptors (Lipinski definition) is 7. The van der Waals surface area contributed by atoms with Crippen molar-refractivity contribution in [3.63, 3.8) is 0 Å². The number of nitrogens with one attached hydrogen (secondary N) is 3. The van der Waals surface area contributed by atoms with Crippen LogP contribution in [0.15, 0.2) is 61.2 Å². The van der Waals surface area contributed by atoms with Crippen LogP contribution in [0.25, 0.3) is 5.82 Å². The van der Waals surface area contributed by atoms with E-state index in [0.717, 1.165) is 31.0 Å². The van der Waals surface area contributed by atoms with E-state index in [1.165, 1.54) is 35.6 Å². The maximum Gasteiger partial charge on any atom is 0.416 e. The molecule has 202 valence electrons. The molecule has 0 aliphatic heterocycles. The monoisotopic (exact) mass is 540 g/mol. The van der Waals surface area contributed by atoms with Crippen molar-refractivity contribution in [3.05, 3.63) is 78.1 Å². The molecule has 4 aromatic rings. The van der Waals surface area contributed by atoms with E-state index in [1.807, 2.05) is 0 Å². The predicted molar refractivity (Wildman–Crippen MR) is 139 cm³/mol. The Labute approximate surface area is 220 Å². The molecule has 39 heavy (non-hydrogen) atoms. The highest BCUT2D eigenvalue weighted by Gasteiger charge is 2.32. The van der Waals surface area contributed by atoms with Crippen molar-refractivity contribution < 1.29 is 22.4 Å². The van der Waals surface area contributed by atoms with Gasteiger partial charge in [0.05, 0.1) is 11.3 Å². The van der Waals surface area contributed by atoms with E-state index in [-0.39, 0.29) is 28.6 Å². The first-order chi connectivity index (χ1) is 18.6. The van der Waals surface area contributed by atoms with Gasteiger partial charge in [-0.05, 0) is 49.2 Å². The Morgan fingerprint density at radius 1 is 1.05 bits per heavy atom. The van der Waals surface area contributed by atoms with Crippen LogP contribution >= 0.6 is 0 Å². The normalized spacial score (nSPS) is 13.2. The van der Waals surface area contributed by atoms with E-state index in [1.54, 1.807) is 30.9 Å². The topological polar surface area (TPSA) is 100 Å². The molecule has 3 N–H and O–H groups in total. The minimum absolute atomic E-state index is 0.0105. The van der Waals surface area contributed by atoms with Gasteiger partial charge in [-0.1, -0.05) is 0 Å². The van der Waals surface area contributed by atoms with Crippen LogP contribution in [0.1, 0.15) is 28.8 Å². The van der Waals surface area contributed by atoms with E-state index in [0.29, 0.717) is 17.7 Å². The first-order valence-corrected chi connectivity index (χ1v) is 12.0. The number of halogens is 4. The van der Waals surface area contributed by atoms with Gasteiger partial charge < -0.3 is 20.9 Å². The zero-order valence-corrected chi connectivity index (χ0v) is 20.9. The van der Waals surface area contributed by atoms with Crippen molar-refractivity contribution in [2.75, 3.05) is 34.9 Å². The summed E-state index contributed by atoms with van der Waals surface area (Å²) < 4.78 is 56.5. The zero-order valence-electron chi connectivity index (χ0n) is 20.9. The van der Waals surface area contributed by atoms with Gasteiger partial charge in [0.2, 0.25) is 5.95 Å². The highest BCUT2D eigenvalue weighted by atomic mass is 19.4. The molecule has 0 saturated heterocycles. The fourth-order valence-electron chi connectivity index (χ4n) is 3.76. The minimum Gasteiger partial charge on any atom is -0.378 e. The van der Waals surface area contributed by atoms with Crippen LogP contribution in [0.5, 0.6) is 0 Å². The first kappa shape index (κ1) is 25.9. The third-order valence-electron chi connectivity index (χ3n) is 5.96. The molecule has 9 nitrogen and oxygen atoms in total. The van der Waals surface area contributed by atoms with E-state index in [9.17, 15) is 22.4 Å². The van der Waals surface area contributed by atoms with E-state index in [4.69, 9.17) is 0 Å². The zero-order chi connectivity index (χ0) is 27.7. The van der Waals surface area contributed by atoms with Crippen LogP contribution in [-0.2, 0) is 6.18 Å². The maximum absolute atomic E-state index is 14.7. The molecule has 2 aromatic heterocycles. The Kier molecular flexibility index (Phi) is 6.81. The smallest absolute Gasteiger partial charge is 0.378 e. The summed E-state index contributed by atoms with van der Waals surface area (Å²) in [7, 11) is 3.15. The Bertz CT molecular complexity index is 1510. The number of carbonyl (C=O) groups excluding carboxylic acids is 1. The molecule has 13 heteroatoms. The maximum atomic E-state index is 14.7. The number of nitrogens with zero attached hydrogens (tertiary/aromatic N) is 5. The quantitative estimate of drug-likeness (QED) is 0.255. The lowest BCUT2D eigenvalue weighted by Gasteiger charge is -2.17. The standard InChI is InChI=1S/C26H24F4N8O/c1-37(2)19-10-15(9-16(11-19)26(28,29)30)24(39)35-18-5-6-20(27)21(12-18)36-25-31-7-8-38(25)23-13-22(32-14-33-23)34-17-3-4-17/h5-14,17H,3-4H2,1-2H3,(H,31,36)(H,35,39)(H,32,33,34). The average molecular weight is 541 g/mol. The van der Waals surface area contributed by atoms with Crippen molar-refractivity contribution in [3.8, 4) is 5.82 Å². The number of alkyl halides is 3. The van der Waals surface area contributed by atoms with Gasteiger partial charge in [0.25, 0.3) is 5.91 Å². The lowest BCUT2D eigenvalue weighted by Crippen LogP contribution is -2.17. The van der Waals surface area contributed by atoms with Gasteiger partial charge in [0.15, 0.2) is 0 Å². The van der Waals surface area contributed by atoms with E-state index in [2.05, 4.69) is 30.9 Å². The van der Waals surface area contributed by atoms with Gasteiger partial charge in [-0.15, -0.1) is 0 Å². The van der Waals surface area contributed by atoms with Crippen molar-refractivity contribution >= 4 is 34.7 Å². The van der Waals surface area contributed by atoms with Gasteiger partial charge in [-0.3, -0.25) is 9.36 Å². The van der Waals surface area contributed by atoms with Crippen LogP contribution in [0.3, 0.4) is 0 Å². The summed E-state index contributed by atoms with van der Waals surface area (Å²) in [6.07, 6.45) is 2.09. The highest BCUT2D eigenvalue weighted by Crippen LogP contribution is 2.33. The first-order valence-electron chi connectivity index (χ1n) is 12.0. The summed E-state index contributed by atoms with van der Waals surface area (Å²) in [5.74, 6) is 0.00138. The van der Waals surface area contributed by atoms with Crippen molar-refractivity contribution in [2.24, 2.45) is 0 Å². The fraction of sp³-hybridized carbons (Fsp3) is 0.231. The third kappa shape index (κ3) is 6.08. The molecule has 0 atom stereocenters. The molecule has 5 rings (SSSR count). The number of hydrogen-bond donors (Lipinski definition) is 3. The molecule has 0 spiro atoms. The van der Waals surface area contributed by atoms with E-state index < -0.39 is 23.5 Å². The number of rotatable bonds is 8. The molecular formula is C26H24F4N8O. The number of carbonyl (C=O) groups is 1. The van der Waals surface area contributed by atoms with Gasteiger partial charge in [-0.25, -0.2) is 19.3 Å². The largest absolute Gasteiger partial charge is 0.416 e. The lowest BCUT2D eigenvalue weighted by atomic mass is 10.1. The molecule has 1 saturated carbocycles. The number of amides is 1. The highest BCUT2D eigenvalue weighted by molar-refractivity contribution is 6.05. The molecular weight excluding hydrogens is 516 g/mol. The Balaban J connectivity index is 1.37. The second-order valence-corrected chi connectivity index (χ2v) is 9.24. The molecule has 1 fully saturated rings. The van der Waals surface area contributed by atoms with Crippen LogP contribution in [0.2, 0.25) is 0 Å². The fourth-order valence-corrected chi connectivity index (χ4v) is 3.76. The summed E-state index contributed by atoms with van der Waals surface area (Å²) in [4.78, 5) is 27.1. The molecule has 1 aliphatic carbocycles. The summed E-state index contributed by atoms with van der Waals surface area (Å²) in [6, 6.07) is 8.99. The van der Waals surface area contributed by atoms with Crippen molar-refractivity contribution in [2.45, 2.75) is 25.1 Å². The number of imidazole rings is 1. The van der Waals surface area contributed by atoms with Crippen molar-refractivity contribution in [1.29, 1.82) is 0 Å². The lowest BCUT2D eigenvalue weighted by molar-refractivity contribution is -0.137. The van der Waals surface area contributed by atoms with Crippen LogP contribution in [0.4, 0.5) is 46.4 Å². The third-order valence-corrected chi connectivity index (χ3v) is 5.96. The second-order valence-electron chi connectivity index (χ2n) is 9.24. The van der Waals surface area contributed by atoms with Gasteiger partial charge in [0, 0.05) is 55.5 Å². The van der Waals surface area contributed by atoms with Gasteiger partial charge in [-0.2, -0.15) is 13.2 Å². The summed E-state index contributed by atoms with van der Waals surface area (Å²) >= 11 is 0. The van der Waals surface area contributed by atoms with E-state index >= 15 is 0 Å². The molecule has 2 aromatic carbocycles. The minimum atomic E-state index is -4.63. The van der Waals surface area contributed by atoms with Crippen LogP contribution in [-0.4, -0.2) is 45.6 Å². The second kappa shape index (κ2) is 10.2. The molecule has 0 unspecified atom stereocenters. The molecule has 0 bridgehead atoms. The Morgan fingerprint density at radius 2 is 1.85 bits per heavy atom. The molecule has 1 aliphatic rings. The predicted octanol–water partition coefficient (Wildman–Crippen LogP) is 5.46. The van der Waals surface area contributed by atoms with Gasteiger partial charge >= 0.3 is 6.18 Å². The van der Waals surface area contributed by atoms with Gasteiger partial charge in [0.1, 0.15) is 23.8 Å². The summed E-state index contributed by atoms with van der Waals surface area (Å²) in [5, 5.41) is 8.71. The average Bonchev–Trinajstić information content (AvgIpc) is 3.59. The summed E-state index contributed by atoms with van der Waals surface area (Å²) in [5.41, 5.74) is -0.773. The summed E-state index contributed by atoms with van der Waals surface area (Å²) in [6.45, 7) is 0. The van der Waals surface area contributed by atoms with Crippen LogP contribution < -0.4 is 20.9 Å². The number of benzene rings is 2. The van der Waals surface area contributed by atoms with Crippen LogP contribution in [0, 0.1) is 5.82 Å². The molecule has 2 heterocycles. The molecule has 1 amide bonds. The number of aromatic nitrogens is 4.